The monoisotopic (exact) mass is 366 g/mol. The third-order valence-electron chi connectivity index (χ3n) is 3.89. The Hall–Kier alpha value is -2.06. The Bertz CT molecular complexity index is 668. The van der Waals surface area contributed by atoms with E-state index in [1.165, 1.54) is 11.1 Å². The van der Waals surface area contributed by atoms with Crippen LogP contribution in [-0.2, 0) is 0 Å². The molecule has 0 aliphatic carbocycles. The molecule has 0 heterocycles. The van der Waals surface area contributed by atoms with Gasteiger partial charge >= 0.3 is 0 Å². The Balaban J connectivity index is 1.71. The first-order chi connectivity index (χ1) is 11.3. The number of benzene rings is 3. The summed E-state index contributed by atoms with van der Waals surface area (Å²) in [7, 11) is 0. The summed E-state index contributed by atoms with van der Waals surface area (Å²) in [6.45, 7) is 0.691. The van der Waals surface area contributed by atoms with Gasteiger partial charge in [-0.15, -0.1) is 0 Å². The van der Waals surface area contributed by atoms with E-state index in [9.17, 15) is 0 Å². The summed E-state index contributed by atoms with van der Waals surface area (Å²) in [6, 6.07) is 29.3. The summed E-state index contributed by atoms with van der Waals surface area (Å²) in [5.41, 5.74) is 2.66. The zero-order chi connectivity index (χ0) is 15.9. The molecule has 0 aromatic heterocycles. The molecule has 116 valence electrons. The smallest absolute Gasteiger partial charge is 0.119 e. The first-order valence-electron chi connectivity index (χ1n) is 7.81. The molecule has 0 saturated carbocycles. The van der Waals surface area contributed by atoms with Gasteiger partial charge in [0.2, 0.25) is 0 Å². The molecule has 0 N–H and O–H groups in total. The number of hydrogen-bond donors (Lipinski definition) is 0. The summed E-state index contributed by atoms with van der Waals surface area (Å²) in [6.07, 6.45) is 0.949. The molecule has 23 heavy (non-hydrogen) atoms. The zero-order valence-corrected chi connectivity index (χ0v) is 14.4. The number of rotatable bonds is 6. The summed E-state index contributed by atoms with van der Waals surface area (Å²) >= 11 is 3.44. The van der Waals surface area contributed by atoms with E-state index < -0.39 is 0 Å². The maximum absolute atomic E-state index is 5.91. The van der Waals surface area contributed by atoms with Crippen molar-refractivity contribution in [3.8, 4) is 5.75 Å². The normalized spacial score (nSPS) is 10.7. The Labute approximate surface area is 146 Å². The van der Waals surface area contributed by atoms with Gasteiger partial charge in [-0.25, -0.2) is 0 Å². The molecule has 3 aromatic carbocycles. The lowest BCUT2D eigenvalue weighted by atomic mass is 9.89. The molecule has 0 aliphatic rings. The SMILES string of the molecule is Brc1ccc(OCCC(c2ccccc2)c2ccccc2)cc1. The van der Waals surface area contributed by atoms with Crippen LogP contribution in [0.2, 0.25) is 0 Å². The van der Waals surface area contributed by atoms with Crippen molar-refractivity contribution < 1.29 is 4.74 Å². The molecular formula is C21H19BrO. The van der Waals surface area contributed by atoms with Crippen LogP contribution in [0.15, 0.2) is 89.4 Å². The van der Waals surface area contributed by atoms with Gasteiger partial charge in [0, 0.05) is 10.4 Å². The number of halogens is 1. The highest BCUT2D eigenvalue weighted by molar-refractivity contribution is 9.10. The van der Waals surface area contributed by atoms with E-state index in [-0.39, 0.29) is 0 Å². The van der Waals surface area contributed by atoms with Crippen molar-refractivity contribution in [3.63, 3.8) is 0 Å². The lowest BCUT2D eigenvalue weighted by Gasteiger charge is -2.18. The van der Waals surface area contributed by atoms with Gasteiger partial charge in [0.05, 0.1) is 6.61 Å². The molecule has 0 unspecified atom stereocenters. The predicted molar refractivity (Wildman–Crippen MR) is 99.0 cm³/mol. The van der Waals surface area contributed by atoms with E-state index in [4.69, 9.17) is 4.74 Å². The summed E-state index contributed by atoms with van der Waals surface area (Å²) in [5, 5.41) is 0. The maximum atomic E-state index is 5.91. The summed E-state index contributed by atoms with van der Waals surface area (Å²) < 4.78 is 6.98. The van der Waals surface area contributed by atoms with Crippen molar-refractivity contribution in [1.29, 1.82) is 0 Å². The van der Waals surface area contributed by atoms with Gasteiger partial charge in [-0.3, -0.25) is 0 Å². The minimum atomic E-state index is 0.354. The average molecular weight is 367 g/mol. The molecule has 3 rings (SSSR count). The Morgan fingerprint density at radius 2 is 1.22 bits per heavy atom. The van der Waals surface area contributed by atoms with Crippen molar-refractivity contribution >= 4 is 15.9 Å². The van der Waals surface area contributed by atoms with Crippen LogP contribution in [0.5, 0.6) is 5.75 Å². The Morgan fingerprint density at radius 3 is 1.74 bits per heavy atom. The standard InChI is InChI=1S/C21H19BrO/c22-19-11-13-20(14-12-19)23-16-15-21(17-7-3-1-4-8-17)18-9-5-2-6-10-18/h1-14,21H,15-16H2. The van der Waals surface area contributed by atoms with Crippen LogP contribution in [0.3, 0.4) is 0 Å². The quantitative estimate of drug-likeness (QED) is 0.515. The first-order valence-corrected chi connectivity index (χ1v) is 8.60. The van der Waals surface area contributed by atoms with E-state index in [2.05, 4.69) is 76.6 Å². The predicted octanol–water partition coefficient (Wildman–Crippen LogP) is 6.05. The van der Waals surface area contributed by atoms with Crippen molar-refractivity contribution in [2.45, 2.75) is 12.3 Å². The molecule has 0 atom stereocenters. The van der Waals surface area contributed by atoms with Crippen molar-refractivity contribution in [3.05, 3.63) is 101 Å². The lowest BCUT2D eigenvalue weighted by Crippen LogP contribution is -2.07. The van der Waals surface area contributed by atoms with E-state index in [1.807, 2.05) is 24.3 Å². The highest BCUT2D eigenvalue weighted by Gasteiger charge is 2.13. The number of hydrogen-bond acceptors (Lipinski definition) is 1. The van der Waals surface area contributed by atoms with Gasteiger partial charge in [-0.05, 0) is 41.8 Å². The Morgan fingerprint density at radius 1 is 0.696 bits per heavy atom. The van der Waals surface area contributed by atoms with Crippen molar-refractivity contribution in [2.24, 2.45) is 0 Å². The van der Waals surface area contributed by atoms with Gasteiger partial charge in [-0.1, -0.05) is 76.6 Å². The van der Waals surface area contributed by atoms with Crippen LogP contribution in [0, 0.1) is 0 Å². The van der Waals surface area contributed by atoms with Gasteiger partial charge in [0.15, 0.2) is 0 Å². The fourth-order valence-electron chi connectivity index (χ4n) is 2.72. The van der Waals surface area contributed by atoms with Gasteiger partial charge < -0.3 is 4.74 Å². The highest BCUT2D eigenvalue weighted by atomic mass is 79.9. The number of ether oxygens (including phenoxy) is 1. The molecule has 0 saturated heterocycles. The third kappa shape index (κ3) is 4.46. The Kier molecular flexibility index (Phi) is 5.49. The second kappa shape index (κ2) is 7.98. The van der Waals surface area contributed by atoms with Crippen LogP contribution in [0.1, 0.15) is 23.5 Å². The van der Waals surface area contributed by atoms with Crippen LogP contribution in [0.4, 0.5) is 0 Å². The van der Waals surface area contributed by atoms with Gasteiger partial charge in [0.1, 0.15) is 5.75 Å². The first kappa shape index (κ1) is 15.8. The third-order valence-corrected chi connectivity index (χ3v) is 4.42. The molecule has 0 bridgehead atoms. The molecule has 0 fully saturated rings. The van der Waals surface area contributed by atoms with Crippen LogP contribution >= 0.6 is 15.9 Å². The minimum absolute atomic E-state index is 0.354. The van der Waals surface area contributed by atoms with E-state index >= 15 is 0 Å². The highest BCUT2D eigenvalue weighted by Crippen LogP contribution is 2.28. The molecule has 0 radical (unpaired) electrons. The molecule has 2 heteroatoms. The largest absolute Gasteiger partial charge is 0.494 e. The lowest BCUT2D eigenvalue weighted by molar-refractivity contribution is 0.304. The van der Waals surface area contributed by atoms with Gasteiger partial charge in [0.25, 0.3) is 0 Å². The summed E-state index contributed by atoms with van der Waals surface area (Å²) in [5.74, 6) is 1.26. The van der Waals surface area contributed by atoms with Crippen molar-refractivity contribution in [2.75, 3.05) is 6.61 Å². The fraction of sp³-hybridized carbons (Fsp3) is 0.143. The minimum Gasteiger partial charge on any atom is -0.494 e. The van der Waals surface area contributed by atoms with E-state index in [0.717, 1.165) is 16.6 Å². The fourth-order valence-corrected chi connectivity index (χ4v) is 2.99. The second-order valence-electron chi connectivity index (χ2n) is 5.47. The van der Waals surface area contributed by atoms with E-state index in [0.29, 0.717) is 12.5 Å². The molecule has 3 aromatic rings. The molecule has 1 nitrogen and oxygen atoms in total. The average Bonchev–Trinajstić information content (AvgIpc) is 2.62. The van der Waals surface area contributed by atoms with Gasteiger partial charge in [-0.2, -0.15) is 0 Å². The van der Waals surface area contributed by atoms with Crippen LogP contribution < -0.4 is 4.74 Å². The molecule has 0 aliphatic heterocycles. The molecular weight excluding hydrogens is 348 g/mol. The molecule has 0 spiro atoms. The summed E-state index contributed by atoms with van der Waals surface area (Å²) in [4.78, 5) is 0. The maximum Gasteiger partial charge on any atom is 0.119 e. The molecule has 0 amide bonds. The van der Waals surface area contributed by atoms with E-state index in [1.54, 1.807) is 0 Å². The topological polar surface area (TPSA) is 9.23 Å². The second-order valence-corrected chi connectivity index (χ2v) is 6.38. The van der Waals surface area contributed by atoms with Crippen LogP contribution in [-0.4, -0.2) is 6.61 Å². The zero-order valence-electron chi connectivity index (χ0n) is 12.9. The van der Waals surface area contributed by atoms with Crippen LogP contribution in [0.25, 0.3) is 0 Å². The van der Waals surface area contributed by atoms with Crippen molar-refractivity contribution in [1.82, 2.24) is 0 Å².